The Balaban J connectivity index is 1.72. The molecule has 0 aromatic carbocycles. The lowest BCUT2D eigenvalue weighted by molar-refractivity contribution is -0.196. The van der Waals surface area contributed by atoms with Gasteiger partial charge in [-0.3, -0.25) is 9.78 Å². The monoisotopic (exact) mass is 376 g/mol. The van der Waals surface area contributed by atoms with Gasteiger partial charge in [-0.05, 0) is 32.3 Å². The second-order valence-electron chi connectivity index (χ2n) is 8.19. The first-order chi connectivity index (χ1) is 12.8. The minimum absolute atomic E-state index is 0.0558. The number of nitrogens with zero attached hydrogens (tertiary/aromatic N) is 2. The molecular weight excluding hydrogens is 348 g/mol. The van der Waals surface area contributed by atoms with Crippen molar-refractivity contribution in [2.45, 2.75) is 71.4 Å². The minimum atomic E-state index is -0.650. The van der Waals surface area contributed by atoms with E-state index in [1.807, 2.05) is 24.6 Å². The van der Waals surface area contributed by atoms with Crippen LogP contribution in [0, 0.1) is 5.92 Å². The van der Waals surface area contributed by atoms with Gasteiger partial charge in [-0.2, -0.15) is 4.98 Å². The normalized spacial score (nSPS) is 29.6. The fourth-order valence-corrected chi connectivity index (χ4v) is 3.84. The summed E-state index contributed by atoms with van der Waals surface area (Å²) in [5.41, 5.74) is 0.411. The fraction of sp³-hybridized carbons (Fsp3) is 0.684. The number of aromatic amines is 1. The number of ether oxygens (including phenoxy) is 3. The predicted octanol–water partition coefficient (Wildman–Crippen LogP) is 2.62. The average molecular weight is 376 g/mol. The number of rotatable bonds is 5. The molecule has 1 unspecified atom stereocenters. The second kappa shape index (κ2) is 6.61. The van der Waals surface area contributed by atoms with Crippen molar-refractivity contribution in [2.24, 2.45) is 5.92 Å². The molecule has 2 aliphatic heterocycles. The lowest BCUT2D eigenvalue weighted by Crippen LogP contribution is -2.28. The molecule has 4 rings (SSSR count). The highest BCUT2D eigenvalue weighted by Gasteiger charge is 2.55. The summed E-state index contributed by atoms with van der Waals surface area (Å²) in [5, 5.41) is 3.72. The summed E-state index contributed by atoms with van der Waals surface area (Å²) < 4.78 is 20.3. The molecule has 2 aliphatic rings. The van der Waals surface area contributed by atoms with Crippen LogP contribution in [0.25, 0.3) is 11.0 Å². The van der Waals surface area contributed by atoms with E-state index in [9.17, 15) is 4.79 Å². The van der Waals surface area contributed by atoms with Gasteiger partial charge < -0.3 is 24.1 Å². The Morgan fingerprint density at radius 3 is 2.78 bits per heavy atom. The third kappa shape index (κ3) is 3.26. The topological polar surface area (TPSA) is 90.4 Å². The molecule has 4 heterocycles. The van der Waals surface area contributed by atoms with Gasteiger partial charge in [0.05, 0.1) is 11.5 Å². The molecule has 0 saturated carbocycles. The molecule has 148 valence electrons. The van der Waals surface area contributed by atoms with Crippen LogP contribution in [0.3, 0.4) is 0 Å². The van der Waals surface area contributed by atoms with Crippen LogP contribution in [0.1, 0.15) is 47.3 Å². The van der Waals surface area contributed by atoms with Crippen LogP contribution in [0.5, 0.6) is 0 Å². The molecule has 0 radical (unpaired) electrons. The van der Waals surface area contributed by atoms with E-state index < -0.39 is 5.79 Å². The van der Waals surface area contributed by atoms with Gasteiger partial charge in [0, 0.05) is 12.7 Å². The largest absolute Gasteiger partial charge is 0.355 e. The Morgan fingerprint density at radius 2 is 2.07 bits per heavy atom. The molecular formula is C19H28N4O4. The smallest absolute Gasteiger partial charge is 0.261 e. The molecule has 4 atom stereocenters. The number of H-pyrrole nitrogens is 1. The summed E-state index contributed by atoms with van der Waals surface area (Å²) in [6.07, 6.45) is 1.85. The Bertz CT molecular complexity index is 887. The summed E-state index contributed by atoms with van der Waals surface area (Å²) in [7, 11) is 0. The van der Waals surface area contributed by atoms with Crippen molar-refractivity contribution in [2.75, 3.05) is 11.9 Å². The van der Waals surface area contributed by atoms with E-state index in [1.165, 1.54) is 0 Å². The maximum atomic E-state index is 12.5. The second-order valence-corrected chi connectivity index (χ2v) is 8.19. The Hall–Kier alpha value is -1.90. The molecule has 8 heteroatoms. The van der Waals surface area contributed by atoms with Crippen molar-refractivity contribution in [3.8, 4) is 0 Å². The highest BCUT2D eigenvalue weighted by Crippen LogP contribution is 2.44. The van der Waals surface area contributed by atoms with Gasteiger partial charge in [0.1, 0.15) is 12.2 Å². The van der Waals surface area contributed by atoms with Crippen LogP contribution < -0.4 is 10.9 Å². The highest BCUT2D eigenvalue weighted by molar-refractivity contribution is 5.76. The number of nitrogens with one attached hydrogen (secondary N) is 2. The molecule has 0 spiro atoms. The highest BCUT2D eigenvalue weighted by atomic mass is 16.8. The van der Waals surface area contributed by atoms with Gasteiger partial charge in [0.2, 0.25) is 5.95 Å². The van der Waals surface area contributed by atoms with Crippen LogP contribution in [0.4, 0.5) is 5.95 Å². The van der Waals surface area contributed by atoms with Gasteiger partial charge in [-0.25, -0.2) is 0 Å². The molecule has 2 fully saturated rings. The quantitative estimate of drug-likeness (QED) is 0.834. The van der Waals surface area contributed by atoms with Crippen molar-refractivity contribution in [1.82, 2.24) is 14.5 Å². The van der Waals surface area contributed by atoms with Crippen LogP contribution in [-0.4, -0.2) is 45.2 Å². The summed E-state index contributed by atoms with van der Waals surface area (Å²) in [4.78, 5) is 19.9. The first kappa shape index (κ1) is 18.5. The van der Waals surface area contributed by atoms with Crippen LogP contribution in [0.15, 0.2) is 17.1 Å². The lowest BCUT2D eigenvalue weighted by Gasteiger charge is -2.24. The molecule has 2 saturated heterocycles. The third-order valence-corrected chi connectivity index (χ3v) is 5.06. The van der Waals surface area contributed by atoms with Crippen LogP contribution in [-0.2, 0) is 14.2 Å². The van der Waals surface area contributed by atoms with E-state index in [4.69, 9.17) is 14.2 Å². The number of aromatic nitrogens is 3. The minimum Gasteiger partial charge on any atom is -0.355 e. The van der Waals surface area contributed by atoms with Crippen LogP contribution in [0.2, 0.25) is 0 Å². The molecule has 0 amide bonds. The van der Waals surface area contributed by atoms with Crippen molar-refractivity contribution in [3.63, 3.8) is 0 Å². The molecule has 27 heavy (non-hydrogen) atoms. The van der Waals surface area contributed by atoms with Crippen molar-refractivity contribution in [1.29, 1.82) is 0 Å². The van der Waals surface area contributed by atoms with Gasteiger partial charge in [-0.1, -0.05) is 20.8 Å². The van der Waals surface area contributed by atoms with E-state index in [-0.39, 0.29) is 30.1 Å². The van der Waals surface area contributed by atoms with Crippen molar-refractivity contribution in [3.05, 3.63) is 22.6 Å². The van der Waals surface area contributed by atoms with E-state index in [2.05, 4.69) is 36.1 Å². The first-order valence-electron chi connectivity index (χ1n) is 9.65. The van der Waals surface area contributed by atoms with E-state index >= 15 is 0 Å². The number of anilines is 1. The third-order valence-electron chi connectivity index (χ3n) is 5.06. The van der Waals surface area contributed by atoms with Gasteiger partial charge in [0.25, 0.3) is 5.56 Å². The van der Waals surface area contributed by atoms with Crippen molar-refractivity contribution < 1.29 is 14.2 Å². The van der Waals surface area contributed by atoms with E-state index in [0.717, 1.165) is 13.0 Å². The zero-order valence-electron chi connectivity index (χ0n) is 16.5. The maximum Gasteiger partial charge on any atom is 0.261 e. The predicted molar refractivity (Wildman–Crippen MR) is 102 cm³/mol. The van der Waals surface area contributed by atoms with Crippen molar-refractivity contribution >= 4 is 17.0 Å². The van der Waals surface area contributed by atoms with Crippen LogP contribution >= 0.6 is 0 Å². The average Bonchev–Trinajstić information content (AvgIpc) is 3.23. The Morgan fingerprint density at radius 1 is 1.33 bits per heavy atom. The molecule has 0 aliphatic carbocycles. The fourth-order valence-electron chi connectivity index (χ4n) is 3.84. The molecule has 2 N–H and O–H groups in total. The zero-order valence-corrected chi connectivity index (χ0v) is 16.5. The van der Waals surface area contributed by atoms with Gasteiger partial charge >= 0.3 is 0 Å². The SMILES string of the molecule is CC[C@H]1O[C@@H](n2ccc3c(=O)[nH]c(NCC(C)C)nc32)C2OC(C)(C)O[C@H]21. The number of fused-ring (bicyclic) bond motifs is 2. The molecule has 2 aromatic heterocycles. The summed E-state index contributed by atoms with van der Waals surface area (Å²) >= 11 is 0. The van der Waals surface area contributed by atoms with E-state index in [0.29, 0.717) is 22.9 Å². The van der Waals surface area contributed by atoms with Gasteiger partial charge in [-0.15, -0.1) is 0 Å². The number of hydrogen-bond donors (Lipinski definition) is 2. The molecule has 8 nitrogen and oxygen atoms in total. The maximum absolute atomic E-state index is 12.5. The summed E-state index contributed by atoms with van der Waals surface area (Å²) in [6.45, 7) is 10.8. The summed E-state index contributed by atoms with van der Waals surface area (Å²) in [6, 6.07) is 1.77. The molecule has 2 aromatic rings. The Labute approximate surface area is 158 Å². The standard InChI is InChI=1S/C19H28N4O4/c1-6-12-13-14(27-19(4,5)26-13)17(25-12)23-8-7-11-15(23)21-18(22-16(11)24)20-9-10(2)3/h7-8,10,12-14,17H,6,9H2,1-5H3,(H2,20,21,22,24)/t12-,13+,14?,17-/m1/s1. The first-order valence-corrected chi connectivity index (χ1v) is 9.65. The van der Waals surface area contributed by atoms with E-state index in [1.54, 1.807) is 6.07 Å². The molecule has 0 bridgehead atoms. The zero-order chi connectivity index (χ0) is 19.3. The lowest BCUT2D eigenvalue weighted by atomic mass is 10.1. The number of hydrogen-bond acceptors (Lipinski definition) is 6. The van der Waals surface area contributed by atoms with Gasteiger partial charge in [0.15, 0.2) is 17.7 Å². The summed E-state index contributed by atoms with van der Waals surface area (Å²) in [5.74, 6) is 0.253. The Kier molecular flexibility index (Phi) is 4.52.